The molecule has 0 saturated heterocycles. The molecular formula is C76H142N9O6P. The fraction of sp³-hybridized carbons (Fsp3) is 0.829. The first-order valence-corrected chi connectivity index (χ1v) is 39.6. The SMILES string of the molecule is CCCCCCCCCCCCNCCCNC(=O)CNC(=O)c1ccc(Cn2c(=O)[nH]c3c(N)nc(NCCCC)nc32)cc1.CCP(=O)(OCCC(C)CCCC(C)CCCC(C)CCCC(C)C)OCCC(C)CCCC(C)CCCC(C)CCCC(C)C. The maximum atomic E-state index is 13.2. The number of H-pyrrole nitrogens is 1. The molecular weight excluding hydrogens is 1170 g/mol. The normalized spacial score (nSPS) is 14.4. The molecule has 3 rings (SSSR count). The number of aromatic nitrogens is 4. The molecule has 0 saturated carbocycles. The Morgan fingerprint density at radius 3 is 1.41 bits per heavy atom. The molecule has 3 aromatic rings. The molecule has 2 heterocycles. The van der Waals surface area contributed by atoms with Crippen molar-refractivity contribution in [2.75, 3.05) is 63.1 Å². The van der Waals surface area contributed by atoms with E-state index in [1.807, 2.05) is 6.92 Å². The molecule has 7 N–H and O–H groups in total. The lowest BCUT2D eigenvalue weighted by atomic mass is 9.91. The van der Waals surface area contributed by atoms with Crippen LogP contribution in [0.4, 0.5) is 11.8 Å². The van der Waals surface area contributed by atoms with Crippen LogP contribution in [0.3, 0.4) is 0 Å². The topological polar surface area (TPSA) is 207 Å². The summed E-state index contributed by atoms with van der Waals surface area (Å²) in [5.41, 5.74) is 7.75. The summed E-state index contributed by atoms with van der Waals surface area (Å²) < 4.78 is 26.5. The van der Waals surface area contributed by atoms with Crippen molar-refractivity contribution >= 4 is 42.3 Å². The van der Waals surface area contributed by atoms with Crippen LogP contribution in [0.15, 0.2) is 29.1 Å². The van der Waals surface area contributed by atoms with Crippen LogP contribution in [0, 0.1) is 47.3 Å². The molecule has 2 aromatic heterocycles. The molecule has 1 aromatic carbocycles. The van der Waals surface area contributed by atoms with Crippen LogP contribution in [0.5, 0.6) is 0 Å². The van der Waals surface area contributed by atoms with Gasteiger partial charge in [0.25, 0.3) is 5.91 Å². The number of hydrogen-bond donors (Lipinski definition) is 6. The number of aromatic amines is 1. The van der Waals surface area contributed by atoms with Gasteiger partial charge in [0.15, 0.2) is 11.5 Å². The van der Waals surface area contributed by atoms with E-state index in [0.29, 0.717) is 67.0 Å². The molecule has 92 heavy (non-hydrogen) atoms. The Labute approximate surface area is 563 Å². The van der Waals surface area contributed by atoms with E-state index in [4.69, 9.17) is 14.8 Å². The Balaban J connectivity index is 0.000000627. The van der Waals surface area contributed by atoms with Crippen molar-refractivity contribution < 1.29 is 23.2 Å². The third-order valence-corrected chi connectivity index (χ3v) is 20.6. The Kier molecular flexibility index (Phi) is 48.0. The van der Waals surface area contributed by atoms with Crippen LogP contribution in [0.2, 0.25) is 0 Å². The van der Waals surface area contributed by atoms with Crippen LogP contribution < -0.4 is 32.7 Å². The highest BCUT2D eigenvalue weighted by atomic mass is 31.2. The summed E-state index contributed by atoms with van der Waals surface area (Å²) in [6, 6.07) is 6.88. The van der Waals surface area contributed by atoms with Gasteiger partial charge in [0, 0.05) is 24.8 Å². The lowest BCUT2D eigenvalue weighted by molar-refractivity contribution is -0.120. The number of carbonyl (C=O) groups excluding carboxylic acids is 2. The highest BCUT2D eigenvalue weighted by molar-refractivity contribution is 7.53. The molecule has 6 unspecified atom stereocenters. The van der Waals surface area contributed by atoms with Gasteiger partial charge in [0.05, 0.1) is 26.3 Å². The average molecular weight is 1310 g/mol. The average Bonchev–Trinajstić information content (AvgIpc) is 1.64. The van der Waals surface area contributed by atoms with E-state index in [1.165, 1.54) is 184 Å². The fourth-order valence-corrected chi connectivity index (χ4v) is 13.3. The van der Waals surface area contributed by atoms with E-state index in [1.54, 1.807) is 24.3 Å². The summed E-state index contributed by atoms with van der Waals surface area (Å²) in [4.78, 5) is 48.9. The summed E-state index contributed by atoms with van der Waals surface area (Å²) in [6.07, 6.45) is 43.0. The molecule has 6 atom stereocenters. The van der Waals surface area contributed by atoms with Gasteiger partial charge < -0.3 is 41.0 Å². The number of benzene rings is 1. The van der Waals surface area contributed by atoms with E-state index in [9.17, 15) is 18.9 Å². The minimum Gasteiger partial charge on any atom is -0.382 e. The van der Waals surface area contributed by atoms with Gasteiger partial charge in [-0.3, -0.25) is 18.7 Å². The van der Waals surface area contributed by atoms with Crippen LogP contribution >= 0.6 is 7.60 Å². The van der Waals surface area contributed by atoms with Crippen molar-refractivity contribution in [3.05, 3.63) is 45.9 Å². The number of nitrogen functional groups attached to an aromatic ring is 1. The first kappa shape index (κ1) is 84.3. The number of anilines is 2. The van der Waals surface area contributed by atoms with E-state index >= 15 is 0 Å². The predicted octanol–water partition coefficient (Wildman–Crippen LogP) is 19.9. The maximum Gasteiger partial charge on any atom is 0.330 e. The minimum atomic E-state index is -2.96. The second kappa shape index (κ2) is 52.4. The van der Waals surface area contributed by atoms with Crippen LogP contribution in [-0.4, -0.2) is 83.4 Å². The van der Waals surface area contributed by atoms with Crippen molar-refractivity contribution in [1.82, 2.24) is 35.5 Å². The Bertz CT molecular complexity index is 2360. The van der Waals surface area contributed by atoms with Crippen LogP contribution in [-0.2, 0) is 25.0 Å². The number of carbonyl (C=O) groups is 2. The third kappa shape index (κ3) is 41.9. The molecule has 15 nitrogen and oxygen atoms in total. The number of amides is 2. The maximum absolute atomic E-state index is 13.2. The van der Waals surface area contributed by atoms with Gasteiger partial charge in [-0.2, -0.15) is 9.97 Å². The Morgan fingerprint density at radius 1 is 0.522 bits per heavy atom. The zero-order valence-electron chi connectivity index (χ0n) is 61.4. The van der Waals surface area contributed by atoms with E-state index < -0.39 is 7.60 Å². The van der Waals surface area contributed by atoms with Gasteiger partial charge in [-0.1, -0.05) is 282 Å². The van der Waals surface area contributed by atoms with Gasteiger partial charge in [-0.25, -0.2) is 4.79 Å². The van der Waals surface area contributed by atoms with Gasteiger partial charge in [-0.05, 0) is 110 Å². The number of hydrogen-bond acceptors (Lipinski definition) is 11. The monoisotopic (exact) mass is 1310 g/mol. The molecule has 0 radical (unpaired) electrons. The lowest BCUT2D eigenvalue weighted by Gasteiger charge is -2.20. The molecule has 0 aliphatic heterocycles. The minimum absolute atomic E-state index is 0.0902. The molecule has 2 amide bonds. The molecule has 0 aliphatic rings. The molecule has 0 bridgehead atoms. The zero-order valence-corrected chi connectivity index (χ0v) is 62.3. The first-order valence-electron chi connectivity index (χ1n) is 37.9. The van der Waals surface area contributed by atoms with E-state index in [2.05, 4.69) is 119 Å². The number of fused-ring (bicyclic) bond motifs is 1. The summed E-state index contributed by atoms with van der Waals surface area (Å²) in [7, 11) is -2.96. The van der Waals surface area contributed by atoms with Gasteiger partial charge in [0.1, 0.15) is 5.52 Å². The number of rotatable bonds is 57. The highest BCUT2D eigenvalue weighted by Crippen LogP contribution is 2.48. The summed E-state index contributed by atoms with van der Waals surface area (Å²) in [5.74, 6) is 6.35. The predicted molar refractivity (Wildman–Crippen MR) is 393 cm³/mol. The summed E-state index contributed by atoms with van der Waals surface area (Å²) >= 11 is 0. The van der Waals surface area contributed by atoms with Crippen molar-refractivity contribution in [3.63, 3.8) is 0 Å². The lowest BCUT2D eigenvalue weighted by Crippen LogP contribution is -2.37. The van der Waals surface area contributed by atoms with Crippen molar-refractivity contribution in [1.29, 1.82) is 0 Å². The number of nitrogens with zero attached hydrogens (tertiary/aromatic N) is 3. The van der Waals surface area contributed by atoms with E-state index in [0.717, 1.165) is 86.3 Å². The van der Waals surface area contributed by atoms with Crippen molar-refractivity contribution in [3.8, 4) is 0 Å². The van der Waals surface area contributed by atoms with E-state index in [-0.39, 0.29) is 36.4 Å². The molecule has 0 fully saturated rings. The van der Waals surface area contributed by atoms with Crippen molar-refractivity contribution in [2.24, 2.45) is 47.3 Å². The van der Waals surface area contributed by atoms with Crippen molar-refractivity contribution in [2.45, 2.75) is 308 Å². The van der Waals surface area contributed by atoms with Gasteiger partial charge in [-0.15, -0.1) is 0 Å². The number of unbranched alkanes of at least 4 members (excludes halogenated alkanes) is 10. The molecule has 532 valence electrons. The van der Waals surface area contributed by atoms with Crippen LogP contribution in [0.1, 0.15) is 318 Å². The van der Waals surface area contributed by atoms with Gasteiger partial charge in [0.2, 0.25) is 11.9 Å². The number of nitrogens with one attached hydrogen (secondary N) is 5. The first-order chi connectivity index (χ1) is 44.2. The summed E-state index contributed by atoms with van der Waals surface area (Å²) in [6.45, 7) is 34.4. The smallest absolute Gasteiger partial charge is 0.330 e. The Morgan fingerprint density at radius 2 is 0.957 bits per heavy atom. The third-order valence-electron chi connectivity index (χ3n) is 18.7. The quantitative estimate of drug-likeness (QED) is 0.0231. The zero-order chi connectivity index (χ0) is 67.8. The molecule has 0 spiro atoms. The number of nitrogens with two attached hydrogens (primary N) is 1. The number of imidazole rings is 1. The highest BCUT2D eigenvalue weighted by Gasteiger charge is 2.23. The largest absolute Gasteiger partial charge is 0.382 e. The second-order valence-electron chi connectivity index (χ2n) is 29.1. The molecule has 0 aliphatic carbocycles. The fourth-order valence-electron chi connectivity index (χ4n) is 12.1. The standard InChI is InChI=1S/C42H87O3P.C34H55N9O3/c1-12-46(43,44-33-31-41(10)29-17-27-39(8)25-15-23-37(6)21-13-19-35(2)3)45-34-32-42(11)30-18-28-40(9)26-16-24-38(7)22-14-20-36(4)5;1-3-5-7-8-9-10-11-12-13-14-20-36-21-15-23-37-28(44)24-39-32(45)27-18-16-26(17-19-27)25-43-31-29(40-34(43)46)30(35)41-33(42-31)38-22-6-4-2/h35-42H,12-34H2,1-11H3;16-19,36H,3-15,20-25H2,1-2H3,(H,37,44)(H,39,45)(H,40,46)(H3,35,38,41,42). The molecule has 16 heteroatoms. The van der Waals surface area contributed by atoms with Gasteiger partial charge >= 0.3 is 13.3 Å². The summed E-state index contributed by atoms with van der Waals surface area (Å²) in [5, 5.41) is 12.1. The van der Waals surface area contributed by atoms with Crippen LogP contribution in [0.25, 0.3) is 11.2 Å². The Hall–Kier alpha value is -3.78. The second-order valence-corrected chi connectivity index (χ2v) is 31.5.